The van der Waals surface area contributed by atoms with Crippen molar-refractivity contribution in [2.24, 2.45) is 5.92 Å². The lowest BCUT2D eigenvalue weighted by molar-refractivity contribution is 0.295. The molecule has 100 valence electrons. The molecule has 0 radical (unpaired) electrons. The van der Waals surface area contributed by atoms with Crippen LogP contribution in [0.2, 0.25) is 0 Å². The largest absolute Gasteiger partial charge is 0.0838 e. The fraction of sp³-hybridized carbons (Fsp3) is 0.647. The first kappa shape index (κ1) is 14.1. The SMILES string of the molecule is Cc1c(C)c(C)c(C(Br)CC2CCC2)c(C)c1C. The number of rotatable bonds is 3. The lowest BCUT2D eigenvalue weighted by Crippen LogP contribution is -2.14. The molecule has 0 aromatic heterocycles. The molecular formula is C17H25Br. The minimum absolute atomic E-state index is 0.542. The summed E-state index contributed by atoms with van der Waals surface area (Å²) in [5.74, 6) is 0.954. The number of halogens is 1. The quantitative estimate of drug-likeness (QED) is 0.614. The van der Waals surface area contributed by atoms with Crippen LogP contribution >= 0.6 is 15.9 Å². The van der Waals surface area contributed by atoms with Crippen LogP contribution in [0.5, 0.6) is 0 Å². The third-order valence-electron chi connectivity index (χ3n) is 5.14. The molecule has 0 N–H and O–H groups in total. The summed E-state index contributed by atoms with van der Waals surface area (Å²) < 4.78 is 0. The average Bonchev–Trinajstić information content (AvgIpc) is 2.29. The Balaban J connectivity index is 2.36. The molecule has 1 heteroatoms. The van der Waals surface area contributed by atoms with Gasteiger partial charge in [0, 0.05) is 4.83 Å². The van der Waals surface area contributed by atoms with Crippen LogP contribution < -0.4 is 0 Å². The van der Waals surface area contributed by atoms with Crippen molar-refractivity contribution in [3.05, 3.63) is 33.4 Å². The van der Waals surface area contributed by atoms with E-state index in [4.69, 9.17) is 0 Å². The molecule has 1 unspecified atom stereocenters. The average molecular weight is 309 g/mol. The lowest BCUT2D eigenvalue weighted by atomic mass is 9.79. The molecule has 0 bridgehead atoms. The van der Waals surface area contributed by atoms with Crippen LogP contribution in [0.25, 0.3) is 0 Å². The first-order valence-corrected chi connectivity index (χ1v) is 8.06. The van der Waals surface area contributed by atoms with E-state index in [1.54, 1.807) is 5.56 Å². The van der Waals surface area contributed by atoms with E-state index < -0.39 is 0 Å². The van der Waals surface area contributed by atoms with E-state index in [0.717, 1.165) is 5.92 Å². The Bertz CT molecular complexity index is 426. The molecule has 1 fully saturated rings. The van der Waals surface area contributed by atoms with E-state index in [1.165, 1.54) is 53.5 Å². The van der Waals surface area contributed by atoms with Crippen molar-refractivity contribution in [3.8, 4) is 0 Å². The molecular weight excluding hydrogens is 284 g/mol. The first-order valence-electron chi connectivity index (χ1n) is 7.14. The van der Waals surface area contributed by atoms with Crippen LogP contribution in [-0.2, 0) is 0 Å². The van der Waals surface area contributed by atoms with Gasteiger partial charge in [-0.15, -0.1) is 0 Å². The first-order chi connectivity index (χ1) is 8.43. The Hall–Kier alpha value is -0.300. The van der Waals surface area contributed by atoms with Crippen LogP contribution in [0.1, 0.15) is 63.9 Å². The van der Waals surface area contributed by atoms with Gasteiger partial charge in [0.15, 0.2) is 0 Å². The van der Waals surface area contributed by atoms with Gasteiger partial charge in [-0.3, -0.25) is 0 Å². The van der Waals surface area contributed by atoms with Gasteiger partial charge in [0.2, 0.25) is 0 Å². The maximum atomic E-state index is 3.96. The molecule has 0 saturated heterocycles. The van der Waals surface area contributed by atoms with Gasteiger partial charge in [-0.1, -0.05) is 35.2 Å². The van der Waals surface area contributed by atoms with Crippen molar-refractivity contribution >= 4 is 15.9 Å². The van der Waals surface area contributed by atoms with Crippen LogP contribution in [0.15, 0.2) is 0 Å². The third-order valence-corrected chi connectivity index (χ3v) is 5.97. The third kappa shape index (κ3) is 2.39. The summed E-state index contributed by atoms with van der Waals surface area (Å²) in [6.07, 6.45) is 5.62. The molecule has 1 aromatic rings. The van der Waals surface area contributed by atoms with E-state index in [0.29, 0.717) is 4.83 Å². The maximum absolute atomic E-state index is 3.96. The summed E-state index contributed by atoms with van der Waals surface area (Å²) in [4.78, 5) is 0.542. The van der Waals surface area contributed by atoms with Gasteiger partial charge < -0.3 is 0 Å². The summed E-state index contributed by atoms with van der Waals surface area (Å²) in [5, 5.41) is 0. The zero-order valence-electron chi connectivity index (χ0n) is 12.4. The zero-order chi connectivity index (χ0) is 13.4. The molecule has 1 aliphatic carbocycles. The van der Waals surface area contributed by atoms with E-state index in [-0.39, 0.29) is 0 Å². The summed E-state index contributed by atoms with van der Waals surface area (Å²) in [6.45, 7) is 11.4. The number of hydrogen-bond donors (Lipinski definition) is 0. The van der Waals surface area contributed by atoms with Gasteiger partial charge in [0.25, 0.3) is 0 Å². The van der Waals surface area contributed by atoms with Crippen LogP contribution in [0.4, 0.5) is 0 Å². The summed E-state index contributed by atoms with van der Waals surface area (Å²) in [6, 6.07) is 0. The van der Waals surface area contributed by atoms with E-state index in [1.807, 2.05) is 0 Å². The van der Waals surface area contributed by atoms with Crippen molar-refractivity contribution in [1.82, 2.24) is 0 Å². The van der Waals surface area contributed by atoms with Gasteiger partial charge in [-0.2, -0.15) is 0 Å². The molecule has 0 aliphatic heterocycles. The molecule has 0 spiro atoms. The summed E-state index contributed by atoms with van der Waals surface area (Å²) >= 11 is 3.96. The minimum Gasteiger partial charge on any atom is -0.0838 e. The molecule has 1 aromatic carbocycles. The van der Waals surface area contributed by atoms with Crippen molar-refractivity contribution in [2.45, 2.75) is 65.1 Å². The van der Waals surface area contributed by atoms with Crippen molar-refractivity contribution in [2.75, 3.05) is 0 Å². The van der Waals surface area contributed by atoms with Crippen LogP contribution in [0, 0.1) is 40.5 Å². The zero-order valence-corrected chi connectivity index (χ0v) is 13.9. The fourth-order valence-electron chi connectivity index (χ4n) is 3.14. The van der Waals surface area contributed by atoms with E-state index >= 15 is 0 Å². The van der Waals surface area contributed by atoms with E-state index in [2.05, 4.69) is 50.5 Å². The van der Waals surface area contributed by atoms with Crippen molar-refractivity contribution in [3.63, 3.8) is 0 Å². The highest BCUT2D eigenvalue weighted by Gasteiger charge is 2.24. The Labute approximate surface area is 120 Å². The molecule has 1 atom stereocenters. The Morgan fingerprint density at radius 2 is 1.33 bits per heavy atom. The van der Waals surface area contributed by atoms with E-state index in [9.17, 15) is 0 Å². The lowest BCUT2D eigenvalue weighted by Gasteiger charge is -2.30. The highest BCUT2D eigenvalue weighted by Crippen LogP contribution is 2.42. The molecule has 0 amide bonds. The monoisotopic (exact) mass is 308 g/mol. The summed E-state index contributed by atoms with van der Waals surface area (Å²) in [5.41, 5.74) is 8.98. The van der Waals surface area contributed by atoms with Gasteiger partial charge in [-0.05, 0) is 80.3 Å². The van der Waals surface area contributed by atoms with Crippen LogP contribution in [0.3, 0.4) is 0 Å². The van der Waals surface area contributed by atoms with Gasteiger partial charge in [0.05, 0.1) is 0 Å². The van der Waals surface area contributed by atoms with Crippen molar-refractivity contribution in [1.29, 1.82) is 0 Å². The Morgan fingerprint density at radius 1 is 0.889 bits per heavy atom. The molecule has 1 saturated carbocycles. The van der Waals surface area contributed by atoms with Gasteiger partial charge in [0.1, 0.15) is 0 Å². The number of benzene rings is 1. The smallest absolute Gasteiger partial charge is 0.0403 e. The highest BCUT2D eigenvalue weighted by molar-refractivity contribution is 9.09. The molecule has 0 heterocycles. The predicted octanol–water partition coefficient (Wildman–Crippen LogP) is 5.85. The summed E-state index contributed by atoms with van der Waals surface area (Å²) in [7, 11) is 0. The van der Waals surface area contributed by atoms with Gasteiger partial charge >= 0.3 is 0 Å². The van der Waals surface area contributed by atoms with Crippen molar-refractivity contribution < 1.29 is 0 Å². The predicted molar refractivity (Wildman–Crippen MR) is 83.8 cm³/mol. The number of hydrogen-bond acceptors (Lipinski definition) is 0. The second kappa shape index (κ2) is 5.36. The number of alkyl halides is 1. The fourth-order valence-corrected chi connectivity index (χ4v) is 4.35. The second-order valence-corrected chi connectivity index (χ2v) is 7.14. The topological polar surface area (TPSA) is 0 Å². The molecule has 1 aliphatic rings. The van der Waals surface area contributed by atoms with Crippen LogP contribution in [-0.4, -0.2) is 0 Å². The Kier molecular flexibility index (Phi) is 4.21. The maximum Gasteiger partial charge on any atom is 0.0403 e. The standard InChI is InChI=1S/C17H25Br/c1-10-11(2)13(4)17(14(5)12(10)3)16(18)9-15-7-6-8-15/h15-16H,6-9H2,1-5H3. The second-order valence-electron chi connectivity index (χ2n) is 6.04. The minimum atomic E-state index is 0.542. The molecule has 18 heavy (non-hydrogen) atoms. The highest BCUT2D eigenvalue weighted by atomic mass is 79.9. The Morgan fingerprint density at radius 3 is 1.72 bits per heavy atom. The van der Waals surface area contributed by atoms with Gasteiger partial charge in [-0.25, -0.2) is 0 Å². The molecule has 2 rings (SSSR count). The normalized spacial score (nSPS) is 17.7. The molecule has 0 nitrogen and oxygen atoms in total.